The SMILES string of the molecule is C[C@]1(C(=O)NC2CCCC2)Cn2c(ccc2-c2ccccc2)C(=O)N1CCc1cccs1. The highest BCUT2D eigenvalue weighted by Gasteiger charge is 2.48. The highest BCUT2D eigenvalue weighted by molar-refractivity contribution is 7.09. The summed E-state index contributed by atoms with van der Waals surface area (Å²) in [6, 6.07) is 18.3. The standard InChI is InChI=1S/C26H29N3O2S/c1-26(25(31)27-20-10-5-6-11-20)18-28-22(19-8-3-2-4-9-19)13-14-23(28)24(30)29(26)16-15-21-12-7-17-32-21/h2-4,7-9,12-14,17,20H,5-6,10-11,15-16,18H2,1H3,(H,27,31)/t26-/m1/s1. The van der Waals surface area contributed by atoms with E-state index in [0.29, 0.717) is 18.8 Å². The van der Waals surface area contributed by atoms with E-state index < -0.39 is 5.54 Å². The third-order valence-corrected chi connectivity index (χ3v) is 7.85. The summed E-state index contributed by atoms with van der Waals surface area (Å²) in [6.45, 7) is 2.91. The zero-order valence-electron chi connectivity index (χ0n) is 18.4. The molecule has 1 aromatic carbocycles. The van der Waals surface area contributed by atoms with Crippen LogP contribution in [0.5, 0.6) is 0 Å². The number of benzene rings is 1. The molecule has 2 aromatic heterocycles. The van der Waals surface area contributed by atoms with Crippen LogP contribution in [-0.2, 0) is 17.8 Å². The van der Waals surface area contributed by atoms with E-state index in [1.165, 1.54) is 4.88 Å². The maximum atomic E-state index is 13.7. The lowest BCUT2D eigenvalue weighted by molar-refractivity contribution is -0.133. The second kappa shape index (κ2) is 8.58. The predicted octanol–water partition coefficient (Wildman–Crippen LogP) is 4.73. The van der Waals surface area contributed by atoms with Gasteiger partial charge in [0.1, 0.15) is 11.2 Å². The lowest BCUT2D eigenvalue weighted by atomic mass is 9.93. The van der Waals surface area contributed by atoms with Crippen LogP contribution in [-0.4, -0.2) is 39.4 Å². The van der Waals surface area contributed by atoms with Crippen LogP contribution in [0, 0.1) is 0 Å². The summed E-state index contributed by atoms with van der Waals surface area (Å²) in [7, 11) is 0. The summed E-state index contributed by atoms with van der Waals surface area (Å²) in [6.07, 6.45) is 5.11. The summed E-state index contributed by atoms with van der Waals surface area (Å²) in [5.41, 5.74) is 1.75. The smallest absolute Gasteiger partial charge is 0.271 e. The number of carbonyl (C=O) groups is 2. The second-order valence-corrected chi connectivity index (χ2v) is 10.1. The number of amides is 2. The van der Waals surface area contributed by atoms with Gasteiger partial charge in [0.2, 0.25) is 5.91 Å². The van der Waals surface area contributed by atoms with Gasteiger partial charge in [-0.2, -0.15) is 0 Å². The fourth-order valence-corrected chi connectivity index (χ4v) is 5.77. The van der Waals surface area contributed by atoms with Crippen molar-refractivity contribution in [3.63, 3.8) is 0 Å². The van der Waals surface area contributed by atoms with E-state index in [1.807, 2.05) is 60.0 Å². The van der Waals surface area contributed by atoms with Crippen molar-refractivity contribution in [2.75, 3.05) is 6.54 Å². The molecule has 3 heterocycles. The number of rotatable bonds is 6. The lowest BCUT2D eigenvalue weighted by Gasteiger charge is -2.45. The number of hydrogen-bond donors (Lipinski definition) is 1. The van der Waals surface area contributed by atoms with Crippen molar-refractivity contribution in [2.24, 2.45) is 0 Å². The Kier molecular flexibility index (Phi) is 5.64. The quantitative estimate of drug-likeness (QED) is 0.594. The van der Waals surface area contributed by atoms with Crippen molar-refractivity contribution in [3.05, 3.63) is 70.5 Å². The molecule has 1 aliphatic carbocycles. The molecule has 1 aliphatic heterocycles. The van der Waals surface area contributed by atoms with E-state index in [-0.39, 0.29) is 17.9 Å². The number of thiophene rings is 1. The van der Waals surface area contributed by atoms with E-state index in [1.54, 1.807) is 16.2 Å². The van der Waals surface area contributed by atoms with Crippen LogP contribution in [0.4, 0.5) is 0 Å². The molecule has 32 heavy (non-hydrogen) atoms. The van der Waals surface area contributed by atoms with Gasteiger partial charge in [0.15, 0.2) is 0 Å². The molecule has 0 spiro atoms. The van der Waals surface area contributed by atoms with Gasteiger partial charge < -0.3 is 14.8 Å². The largest absolute Gasteiger partial charge is 0.351 e. The fourth-order valence-electron chi connectivity index (χ4n) is 5.07. The average molecular weight is 448 g/mol. The van der Waals surface area contributed by atoms with Crippen molar-refractivity contribution >= 4 is 23.2 Å². The molecule has 0 saturated heterocycles. The molecule has 6 heteroatoms. The van der Waals surface area contributed by atoms with Gasteiger partial charge in [0.25, 0.3) is 5.91 Å². The van der Waals surface area contributed by atoms with Gasteiger partial charge in [-0.25, -0.2) is 0 Å². The van der Waals surface area contributed by atoms with Crippen molar-refractivity contribution in [1.29, 1.82) is 0 Å². The zero-order chi connectivity index (χ0) is 22.1. The van der Waals surface area contributed by atoms with E-state index in [4.69, 9.17) is 0 Å². The molecule has 0 bridgehead atoms. The van der Waals surface area contributed by atoms with E-state index in [9.17, 15) is 9.59 Å². The topological polar surface area (TPSA) is 54.3 Å². The average Bonchev–Trinajstić information content (AvgIpc) is 3.56. The van der Waals surface area contributed by atoms with Gasteiger partial charge in [-0.3, -0.25) is 9.59 Å². The monoisotopic (exact) mass is 447 g/mol. The number of hydrogen-bond acceptors (Lipinski definition) is 3. The minimum atomic E-state index is -0.938. The lowest BCUT2D eigenvalue weighted by Crippen LogP contribution is -2.65. The molecule has 1 saturated carbocycles. The zero-order valence-corrected chi connectivity index (χ0v) is 19.2. The highest BCUT2D eigenvalue weighted by atomic mass is 32.1. The minimum Gasteiger partial charge on any atom is -0.351 e. The Labute approximate surface area is 193 Å². The van der Waals surface area contributed by atoms with Crippen molar-refractivity contribution < 1.29 is 9.59 Å². The Balaban J connectivity index is 1.50. The van der Waals surface area contributed by atoms with E-state index >= 15 is 0 Å². The molecule has 1 fully saturated rings. The van der Waals surface area contributed by atoms with Crippen LogP contribution in [0.3, 0.4) is 0 Å². The van der Waals surface area contributed by atoms with E-state index in [2.05, 4.69) is 16.8 Å². The number of nitrogens with one attached hydrogen (secondary N) is 1. The van der Waals surface area contributed by atoms with Crippen LogP contribution < -0.4 is 5.32 Å². The molecular formula is C26H29N3O2S. The number of nitrogens with zero attached hydrogens (tertiary/aromatic N) is 2. The third-order valence-electron chi connectivity index (χ3n) is 6.92. The van der Waals surface area contributed by atoms with Gasteiger partial charge >= 0.3 is 0 Å². The first kappa shape index (κ1) is 21.0. The third kappa shape index (κ3) is 3.77. The Morgan fingerprint density at radius 1 is 1.06 bits per heavy atom. The van der Waals surface area contributed by atoms with Crippen LogP contribution in [0.2, 0.25) is 0 Å². The first-order valence-corrected chi connectivity index (χ1v) is 12.3. The van der Waals surface area contributed by atoms with E-state index in [0.717, 1.165) is 43.4 Å². The molecule has 5 rings (SSSR count). The Bertz CT molecular complexity index is 1100. The molecule has 0 unspecified atom stereocenters. The molecular weight excluding hydrogens is 418 g/mol. The maximum Gasteiger partial charge on any atom is 0.271 e. The molecule has 0 radical (unpaired) electrons. The van der Waals surface area contributed by atoms with Crippen LogP contribution >= 0.6 is 11.3 Å². The number of fused-ring (bicyclic) bond motifs is 1. The fraction of sp³-hybridized carbons (Fsp3) is 0.385. The van der Waals surface area contributed by atoms with Gasteiger partial charge in [0, 0.05) is 23.2 Å². The van der Waals surface area contributed by atoms with Crippen molar-refractivity contribution in [3.8, 4) is 11.3 Å². The van der Waals surface area contributed by atoms with Gasteiger partial charge in [0.05, 0.1) is 6.54 Å². The van der Waals surface area contributed by atoms with Gasteiger partial charge in [-0.05, 0) is 55.3 Å². The number of carbonyl (C=O) groups excluding carboxylic acids is 2. The molecule has 1 N–H and O–H groups in total. The molecule has 2 aliphatic rings. The predicted molar refractivity (Wildman–Crippen MR) is 128 cm³/mol. The summed E-state index contributed by atoms with van der Waals surface area (Å²) in [4.78, 5) is 30.4. The summed E-state index contributed by atoms with van der Waals surface area (Å²) < 4.78 is 2.04. The Hall–Kier alpha value is -2.86. The Morgan fingerprint density at radius 3 is 2.53 bits per heavy atom. The van der Waals surface area contributed by atoms with Gasteiger partial charge in [-0.15, -0.1) is 11.3 Å². The highest BCUT2D eigenvalue weighted by Crippen LogP contribution is 2.34. The first-order valence-electron chi connectivity index (χ1n) is 11.5. The van der Waals surface area contributed by atoms with Crippen molar-refractivity contribution in [2.45, 2.75) is 57.2 Å². The van der Waals surface area contributed by atoms with Crippen LogP contribution in [0.1, 0.15) is 48.0 Å². The molecule has 2 amide bonds. The minimum absolute atomic E-state index is 0.0395. The molecule has 1 atom stereocenters. The van der Waals surface area contributed by atoms with Crippen LogP contribution in [0.15, 0.2) is 60.0 Å². The Morgan fingerprint density at radius 2 is 1.81 bits per heavy atom. The number of aromatic nitrogens is 1. The summed E-state index contributed by atoms with van der Waals surface area (Å²) >= 11 is 1.69. The molecule has 3 aromatic rings. The maximum absolute atomic E-state index is 13.7. The summed E-state index contributed by atoms with van der Waals surface area (Å²) in [5, 5.41) is 5.32. The normalized spacial score (nSPS) is 21.0. The molecule has 5 nitrogen and oxygen atoms in total. The first-order chi connectivity index (χ1) is 15.6. The summed E-state index contributed by atoms with van der Waals surface area (Å²) in [5.74, 6) is -0.110. The second-order valence-electron chi connectivity index (χ2n) is 9.07. The van der Waals surface area contributed by atoms with Gasteiger partial charge in [-0.1, -0.05) is 49.2 Å². The van der Waals surface area contributed by atoms with Crippen LogP contribution in [0.25, 0.3) is 11.3 Å². The molecule has 166 valence electrons. The van der Waals surface area contributed by atoms with Crippen molar-refractivity contribution in [1.82, 2.24) is 14.8 Å².